The molecule has 2 N–H and O–H groups in total. The highest BCUT2D eigenvalue weighted by Gasteiger charge is 2.28. The maximum absolute atomic E-state index is 2.18. The van der Waals surface area contributed by atoms with Gasteiger partial charge < -0.3 is 9.80 Å². The summed E-state index contributed by atoms with van der Waals surface area (Å²) >= 11 is 0. The molecule has 0 unspecified atom stereocenters. The van der Waals surface area contributed by atoms with E-state index in [1.165, 1.54) is 90.6 Å². The van der Waals surface area contributed by atoms with Gasteiger partial charge in [0.25, 0.3) is 0 Å². The molecule has 0 aliphatic carbocycles. The van der Waals surface area contributed by atoms with E-state index in [4.69, 9.17) is 0 Å². The second-order valence-electron chi connectivity index (χ2n) is 7.46. The van der Waals surface area contributed by atoms with Crippen molar-refractivity contribution in [2.75, 3.05) is 39.3 Å². The number of hydrogen-bond acceptors (Lipinski definition) is 0. The minimum absolute atomic E-state index is 1.13. The van der Waals surface area contributed by atoms with E-state index in [2.05, 4.69) is 13.8 Å². The number of piperidine rings is 6. The summed E-state index contributed by atoms with van der Waals surface area (Å²) in [6, 6.07) is 0. The molecule has 0 aromatic rings. The minimum atomic E-state index is 1.13. The minimum Gasteiger partial charge on any atom is -0.335 e. The van der Waals surface area contributed by atoms with Crippen LogP contribution in [-0.4, -0.2) is 39.3 Å². The van der Waals surface area contributed by atoms with Crippen LogP contribution in [0.4, 0.5) is 0 Å². The molecule has 0 atom stereocenters. The van der Waals surface area contributed by atoms with Crippen LogP contribution in [0, 0.1) is 11.8 Å². The molecule has 6 aliphatic rings. The molecule has 4 bridgehead atoms. The molecule has 0 amide bonds. The van der Waals surface area contributed by atoms with Gasteiger partial charge in [-0.3, -0.25) is 0 Å². The number of fused-ring (bicyclic) bond motifs is 6. The lowest BCUT2D eigenvalue weighted by Crippen LogP contribution is -3.14. The van der Waals surface area contributed by atoms with Crippen molar-refractivity contribution in [3.8, 4) is 0 Å². The van der Waals surface area contributed by atoms with Crippen LogP contribution in [0.2, 0.25) is 0 Å². The van der Waals surface area contributed by atoms with Crippen molar-refractivity contribution in [1.82, 2.24) is 0 Å². The predicted octanol–water partition coefficient (Wildman–Crippen LogP) is 1.18. The molecule has 6 aliphatic heterocycles. The fraction of sp³-hybridized carbons (Fsp3) is 1.00. The molecule has 6 saturated heterocycles. The first-order valence-electron chi connectivity index (χ1n) is 9.49. The first-order chi connectivity index (χ1) is 9.81. The zero-order chi connectivity index (χ0) is 14.2. The molecule has 0 saturated carbocycles. The van der Waals surface area contributed by atoms with Crippen LogP contribution in [0.1, 0.15) is 65.2 Å². The van der Waals surface area contributed by atoms with E-state index in [0.717, 1.165) is 11.8 Å². The van der Waals surface area contributed by atoms with Gasteiger partial charge in [0.15, 0.2) is 0 Å². The number of rotatable bonds is 1. The van der Waals surface area contributed by atoms with Crippen molar-refractivity contribution >= 4 is 0 Å². The molecule has 0 radical (unpaired) electrons. The van der Waals surface area contributed by atoms with Crippen LogP contribution < -0.4 is 9.80 Å². The summed E-state index contributed by atoms with van der Waals surface area (Å²) in [6.45, 7) is 13.2. The Balaban J connectivity index is 0.000000118. The van der Waals surface area contributed by atoms with Crippen molar-refractivity contribution in [3.05, 3.63) is 0 Å². The summed E-state index contributed by atoms with van der Waals surface area (Å²) < 4.78 is 0. The molecule has 20 heavy (non-hydrogen) atoms. The third-order valence-electron chi connectivity index (χ3n) is 5.94. The van der Waals surface area contributed by atoms with Crippen molar-refractivity contribution in [3.63, 3.8) is 0 Å². The van der Waals surface area contributed by atoms with Gasteiger partial charge in [-0.1, -0.05) is 26.7 Å². The highest BCUT2D eigenvalue weighted by Crippen LogP contribution is 2.16. The van der Waals surface area contributed by atoms with E-state index < -0.39 is 0 Å². The zero-order valence-corrected chi connectivity index (χ0v) is 14.1. The lowest BCUT2D eigenvalue weighted by Gasteiger charge is -2.35. The monoisotopic (exact) mass is 282 g/mol. The van der Waals surface area contributed by atoms with Crippen LogP contribution in [0.15, 0.2) is 0 Å². The van der Waals surface area contributed by atoms with Gasteiger partial charge in [0, 0.05) is 0 Å². The van der Waals surface area contributed by atoms with Gasteiger partial charge in [-0.25, -0.2) is 0 Å². The first-order valence-corrected chi connectivity index (χ1v) is 9.49. The normalized spacial score (nSPS) is 37.5. The summed E-state index contributed by atoms with van der Waals surface area (Å²) in [4.78, 5) is 3.74. The summed E-state index contributed by atoms with van der Waals surface area (Å²) in [5, 5.41) is 0. The van der Waals surface area contributed by atoms with Crippen LogP contribution >= 0.6 is 0 Å². The highest BCUT2D eigenvalue weighted by molar-refractivity contribution is 4.66. The molecule has 2 nitrogen and oxygen atoms in total. The Morgan fingerprint density at radius 2 is 0.800 bits per heavy atom. The number of quaternary nitrogens is 2. The third-order valence-corrected chi connectivity index (χ3v) is 5.94. The van der Waals surface area contributed by atoms with Crippen molar-refractivity contribution in [1.29, 1.82) is 0 Å². The van der Waals surface area contributed by atoms with Gasteiger partial charge >= 0.3 is 0 Å². The van der Waals surface area contributed by atoms with Crippen molar-refractivity contribution in [2.45, 2.75) is 65.2 Å². The Morgan fingerprint density at radius 3 is 0.850 bits per heavy atom. The molecule has 2 heteroatoms. The smallest absolute Gasteiger partial charge is 0.0773 e. The van der Waals surface area contributed by atoms with E-state index in [9.17, 15) is 0 Å². The van der Waals surface area contributed by atoms with Gasteiger partial charge in [-0.15, -0.1) is 0 Å². The number of nitrogens with one attached hydrogen (secondary N) is 2. The Hall–Kier alpha value is -0.0800. The molecule has 0 aromatic heterocycles. The quantitative estimate of drug-likeness (QED) is 0.715. The second kappa shape index (κ2) is 9.04. The number of hydrogen-bond donors (Lipinski definition) is 2. The van der Waals surface area contributed by atoms with E-state index in [-0.39, 0.29) is 0 Å². The maximum atomic E-state index is 2.18. The molecule has 0 spiro atoms. The molecule has 0 aromatic carbocycles. The summed E-state index contributed by atoms with van der Waals surface area (Å²) in [5.41, 5.74) is 0. The second-order valence-corrected chi connectivity index (χ2v) is 7.46. The van der Waals surface area contributed by atoms with Crippen LogP contribution in [0.5, 0.6) is 0 Å². The van der Waals surface area contributed by atoms with Gasteiger partial charge in [-0.05, 0) is 50.4 Å². The Kier molecular flexibility index (Phi) is 7.37. The van der Waals surface area contributed by atoms with E-state index >= 15 is 0 Å². The standard InChI is InChI=1S/2C7H13N.C4H10/c2*1-4-8-5-2-7(1)3-6-8;1-3-4-2/h2*7H,1-6H2;3-4H2,1-2H3/p+2. The predicted molar refractivity (Wildman–Crippen MR) is 86.4 cm³/mol. The fourth-order valence-corrected chi connectivity index (χ4v) is 4.07. The van der Waals surface area contributed by atoms with Gasteiger partial charge in [0.1, 0.15) is 0 Å². The maximum Gasteiger partial charge on any atom is 0.0773 e. The Labute approximate surface area is 126 Å². The lowest BCUT2D eigenvalue weighted by molar-refractivity contribution is -0.916. The Morgan fingerprint density at radius 1 is 0.550 bits per heavy atom. The molecule has 6 heterocycles. The molecular weight excluding hydrogens is 244 g/mol. The van der Waals surface area contributed by atoms with Crippen LogP contribution in [0.3, 0.4) is 0 Å². The average molecular weight is 283 g/mol. The van der Waals surface area contributed by atoms with Crippen LogP contribution in [0.25, 0.3) is 0 Å². The highest BCUT2D eigenvalue weighted by atomic mass is 15.1. The largest absolute Gasteiger partial charge is 0.335 e. The summed E-state index contributed by atoms with van der Waals surface area (Å²) in [6.07, 6.45) is 11.8. The molecule has 6 fully saturated rings. The van der Waals surface area contributed by atoms with Gasteiger partial charge in [-0.2, -0.15) is 0 Å². The van der Waals surface area contributed by atoms with Crippen molar-refractivity contribution < 1.29 is 9.80 Å². The van der Waals surface area contributed by atoms with Crippen molar-refractivity contribution in [2.24, 2.45) is 11.8 Å². The van der Waals surface area contributed by atoms with E-state index in [1.54, 1.807) is 0 Å². The molecule has 118 valence electrons. The topological polar surface area (TPSA) is 8.88 Å². The molecule has 6 rings (SSSR count). The lowest BCUT2D eigenvalue weighted by atomic mass is 9.89. The first kappa shape index (κ1) is 16.3. The van der Waals surface area contributed by atoms with Gasteiger partial charge in [0.05, 0.1) is 39.3 Å². The van der Waals surface area contributed by atoms with Crippen LogP contribution in [-0.2, 0) is 0 Å². The molecular formula is C18H38N2+2. The SMILES string of the molecule is C1C[NH+]2CCC1CC2.C1C[NH+]2CCC1CC2.CCCC. The van der Waals surface area contributed by atoms with E-state index in [1.807, 2.05) is 9.80 Å². The summed E-state index contributed by atoms with van der Waals surface area (Å²) in [5.74, 6) is 2.26. The fourth-order valence-electron chi connectivity index (χ4n) is 4.07. The Bertz CT molecular complexity index is 166. The number of unbranched alkanes of at least 4 members (excludes halogenated alkanes) is 1. The zero-order valence-electron chi connectivity index (χ0n) is 14.1. The third kappa shape index (κ3) is 5.37. The average Bonchev–Trinajstić information content (AvgIpc) is 2.59. The van der Waals surface area contributed by atoms with Gasteiger partial charge in [0.2, 0.25) is 0 Å². The van der Waals surface area contributed by atoms with E-state index in [0.29, 0.717) is 0 Å². The summed E-state index contributed by atoms with van der Waals surface area (Å²) in [7, 11) is 0.